The molecule has 0 aliphatic carbocycles. The van der Waals surface area contributed by atoms with E-state index in [2.05, 4.69) is 30.6 Å². The average molecular weight is 226 g/mol. The van der Waals surface area contributed by atoms with Gasteiger partial charge in [0.2, 0.25) is 0 Å². The number of unbranched alkanes of at least 4 members (excludes halogenated alkanes) is 2. The molecule has 16 heavy (non-hydrogen) atoms. The molecule has 0 amide bonds. The minimum absolute atomic E-state index is 0.889. The number of piperazine rings is 1. The van der Waals surface area contributed by atoms with Crippen LogP contribution in [0.2, 0.25) is 0 Å². The van der Waals surface area contributed by atoms with Crippen LogP contribution in [-0.4, -0.2) is 49.1 Å². The summed E-state index contributed by atoms with van der Waals surface area (Å²) in [5.74, 6) is 0.889. The van der Waals surface area contributed by atoms with Gasteiger partial charge in [-0.05, 0) is 18.9 Å². The summed E-state index contributed by atoms with van der Waals surface area (Å²) in [5.41, 5.74) is 0. The maximum absolute atomic E-state index is 2.66. The Kier molecular flexibility index (Phi) is 7.06. The normalized spacial score (nSPS) is 21.2. The highest BCUT2D eigenvalue weighted by molar-refractivity contribution is 4.72. The molecule has 1 fully saturated rings. The van der Waals surface area contributed by atoms with Crippen LogP contribution in [0.5, 0.6) is 0 Å². The maximum Gasteiger partial charge on any atom is 0.0110 e. The monoisotopic (exact) mass is 226 g/mol. The van der Waals surface area contributed by atoms with E-state index in [0.717, 1.165) is 5.92 Å². The number of hydrogen-bond acceptors (Lipinski definition) is 2. The van der Waals surface area contributed by atoms with Gasteiger partial charge in [-0.15, -0.1) is 0 Å². The van der Waals surface area contributed by atoms with E-state index in [4.69, 9.17) is 0 Å². The summed E-state index contributed by atoms with van der Waals surface area (Å²) in [6, 6.07) is 0. The molecule has 1 aliphatic heterocycles. The van der Waals surface area contributed by atoms with E-state index in [1.54, 1.807) is 0 Å². The fourth-order valence-corrected chi connectivity index (χ4v) is 2.56. The van der Waals surface area contributed by atoms with E-state index in [1.165, 1.54) is 65.0 Å². The third-order valence-electron chi connectivity index (χ3n) is 3.78. The van der Waals surface area contributed by atoms with Crippen molar-refractivity contribution < 1.29 is 0 Å². The van der Waals surface area contributed by atoms with Crippen LogP contribution in [0.3, 0.4) is 0 Å². The standard InChI is InChI=1S/C14H30N2/c1-4-6-7-8-14(3)13-16-11-9-15(5-2)10-12-16/h14H,4-13H2,1-3H3. The number of nitrogens with zero attached hydrogens (tertiary/aromatic N) is 2. The first-order valence-corrected chi connectivity index (χ1v) is 7.21. The summed E-state index contributed by atoms with van der Waals surface area (Å²) in [6.07, 6.45) is 5.60. The van der Waals surface area contributed by atoms with Crippen LogP contribution >= 0.6 is 0 Å². The van der Waals surface area contributed by atoms with Crippen LogP contribution in [0.1, 0.15) is 46.5 Å². The van der Waals surface area contributed by atoms with Crippen molar-refractivity contribution in [2.24, 2.45) is 5.92 Å². The van der Waals surface area contributed by atoms with Gasteiger partial charge in [0.05, 0.1) is 0 Å². The molecule has 0 bridgehead atoms. The lowest BCUT2D eigenvalue weighted by Crippen LogP contribution is -2.47. The Morgan fingerprint density at radius 2 is 1.56 bits per heavy atom. The highest BCUT2D eigenvalue weighted by atomic mass is 15.3. The van der Waals surface area contributed by atoms with E-state index < -0.39 is 0 Å². The average Bonchev–Trinajstić information content (AvgIpc) is 2.30. The highest BCUT2D eigenvalue weighted by Gasteiger charge is 2.16. The summed E-state index contributed by atoms with van der Waals surface area (Å²) in [7, 11) is 0. The molecule has 0 spiro atoms. The lowest BCUT2D eigenvalue weighted by atomic mass is 10.0. The molecule has 1 unspecified atom stereocenters. The number of rotatable bonds is 7. The van der Waals surface area contributed by atoms with E-state index in [1.807, 2.05) is 0 Å². The second-order valence-electron chi connectivity index (χ2n) is 5.34. The molecule has 2 nitrogen and oxygen atoms in total. The van der Waals surface area contributed by atoms with Crippen LogP contribution in [0, 0.1) is 5.92 Å². The molecule has 1 aliphatic rings. The van der Waals surface area contributed by atoms with Crippen molar-refractivity contribution in [3.05, 3.63) is 0 Å². The predicted octanol–water partition coefficient (Wildman–Crippen LogP) is 2.84. The second-order valence-corrected chi connectivity index (χ2v) is 5.34. The van der Waals surface area contributed by atoms with Gasteiger partial charge in [-0.1, -0.05) is 40.0 Å². The fraction of sp³-hybridized carbons (Fsp3) is 1.00. The van der Waals surface area contributed by atoms with Crippen molar-refractivity contribution in [2.45, 2.75) is 46.5 Å². The zero-order valence-electron chi connectivity index (χ0n) is 11.5. The van der Waals surface area contributed by atoms with Gasteiger partial charge in [-0.2, -0.15) is 0 Å². The predicted molar refractivity (Wildman–Crippen MR) is 71.9 cm³/mol. The van der Waals surface area contributed by atoms with Gasteiger partial charge in [-0.25, -0.2) is 0 Å². The maximum atomic E-state index is 2.66. The van der Waals surface area contributed by atoms with Crippen LogP contribution in [-0.2, 0) is 0 Å². The first kappa shape index (κ1) is 14.0. The molecule has 0 aromatic carbocycles. The summed E-state index contributed by atoms with van der Waals surface area (Å²) in [5, 5.41) is 0. The first-order chi connectivity index (χ1) is 7.76. The van der Waals surface area contributed by atoms with Gasteiger partial charge in [0.25, 0.3) is 0 Å². The van der Waals surface area contributed by atoms with Crippen molar-refractivity contribution in [3.63, 3.8) is 0 Å². The van der Waals surface area contributed by atoms with Crippen LogP contribution in [0.4, 0.5) is 0 Å². The SMILES string of the molecule is CCCCCC(C)CN1CCN(CC)CC1. The Labute approximate surface area is 102 Å². The van der Waals surface area contributed by atoms with Crippen molar-refractivity contribution in [3.8, 4) is 0 Å². The lowest BCUT2D eigenvalue weighted by Gasteiger charge is -2.35. The number of hydrogen-bond donors (Lipinski definition) is 0. The molecule has 1 rings (SSSR count). The van der Waals surface area contributed by atoms with Gasteiger partial charge >= 0.3 is 0 Å². The highest BCUT2D eigenvalue weighted by Crippen LogP contribution is 2.12. The lowest BCUT2D eigenvalue weighted by molar-refractivity contribution is 0.122. The zero-order valence-corrected chi connectivity index (χ0v) is 11.5. The minimum Gasteiger partial charge on any atom is -0.301 e. The molecular weight excluding hydrogens is 196 g/mol. The van der Waals surface area contributed by atoms with E-state index >= 15 is 0 Å². The smallest absolute Gasteiger partial charge is 0.0110 e. The van der Waals surface area contributed by atoms with Gasteiger partial charge < -0.3 is 9.80 Å². The molecule has 0 radical (unpaired) electrons. The number of likely N-dealkylation sites (N-methyl/N-ethyl adjacent to an activating group) is 1. The third-order valence-corrected chi connectivity index (χ3v) is 3.78. The van der Waals surface area contributed by atoms with Gasteiger partial charge in [-0.3, -0.25) is 0 Å². The van der Waals surface area contributed by atoms with E-state index in [0.29, 0.717) is 0 Å². The second kappa shape index (κ2) is 8.08. The molecule has 1 saturated heterocycles. The van der Waals surface area contributed by atoms with E-state index in [9.17, 15) is 0 Å². The Balaban J connectivity index is 2.08. The van der Waals surface area contributed by atoms with Crippen LogP contribution < -0.4 is 0 Å². The molecular formula is C14H30N2. The van der Waals surface area contributed by atoms with Gasteiger partial charge in [0, 0.05) is 32.7 Å². The topological polar surface area (TPSA) is 6.48 Å². The van der Waals surface area contributed by atoms with Crippen molar-refractivity contribution in [2.75, 3.05) is 39.3 Å². The molecule has 2 heteroatoms. The Morgan fingerprint density at radius 3 is 2.12 bits per heavy atom. The molecule has 1 atom stereocenters. The summed E-state index contributed by atoms with van der Waals surface area (Å²) in [4.78, 5) is 5.21. The van der Waals surface area contributed by atoms with Crippen molar-refractivity contribution in [1.82, 2.24) is 9.80 Å². The third kappa shape index (κ3) is 5.31. The Hall–Kier alpha value is -0.0800. The zero-order chi connectivity index (χ0) is 11.8. The van der Waals surface area contributed by atoms with Crippen molar-refractivity contribution in [1.29, 1.82) is 0 Å². The van der Waals surface area contributed by atoms with Crippen LogP contribution in [0.15, 0.2) is 0 Å². The Bertz CT molecular complexity index is 162. The molecule has 96 valence electrons. The molecule has 0 aromatic heterocycles. The van der Waals surface area contributed by atoms with Crippen molar-refractivity contribution >= 4 is 0 Å². The summed E-state index contributed by atoms with van der Waals surface area (Å²) >= 11 is 0. The minimum atomic E-state index is 0.889. The molecule has 0 N–H and O–H groups in total. The first-order valence-electron chi connectivity index (χ1n) is 7.21. The molecule has 0 aromatic rings. The van der Waals surface area contributed by atoms with E-state index in [-0.39, 0.29) is 0 Å². The van der Waals surface area contributed by atoms with Gasteiger partial charge in [0.15, 0.2) is 0 Å². The van der Waals surface area contributed by atoms with Crippen LogP contribution in [0.25, 0.3) is 0 Å². The summed E-state index contributed by atoms with van der Waals surface area (Å²) in [6.45, 7) is 14.6. The molecule has 1 heterocycles. The van der Waals surface area contributed by atoms with Gasteiger partial charge in [0.1, 0.15) is 0 Å². The summed E-state index contributed by atoms with van der Waals surface area (Å²) < 4.78 is 0. The Morgan fingerprint density at radius 1 is 0.938 bits per heavy atom. The largest absolute Gasteiger partial charge is 0.301 e. The fourth-order valence-electron chi connectivity index (χ4n) is 2.56. The quantitative estimate of drug-likeness (QED) is 0.616. The molecule has 0 saturated carbocycles.